The van der Waals surface area contributed by atoms with E-state index in [0.717, 1.165) is 16.3 Å². The molecule has 0 atom stereocenters. The van der Waals surface area contributed by atoms with Crippen molar-refractivity contribution in [1.29, 1.82) is 0 Å². The van der Waals surface area contributed by atoms with Gasteiger partial charge in [-0.3, -0.25) is 0 Å². The maximum absolute atomic E-state index is 6.06. The van der Waals surface area contributed by atoms with Crippen LogP contribution in [0.2, 0.25) is 10.0 Å². The molecule has 0 fully saturated rings. The zero-order valence-corrected chi connectivity index (χ0v) is 10.9. The van der Waals surface area contributed by atoms with Gasteiger partial charge in [0.05, 0.1) is 0 Å². The number of hydrogen-bond donors (Lipinski definition) is 0. The molecule has 14 heavy (non-hydrogen) atoms. The Morgan fingerprint density at radius 2 is 1.86 bits per heavy atom. The molecule has 0 saturated heterocycles. The third-order valence-electron chi connectivity index (χ3n) is 1.68. The highest BCUT2D eigenvalue weighted by Gasteiger charge is 2.11. The Hall–Kier alpha value is 0.150. The van der Waals surface area contributed by atoms with Crippen molar-refractivity contribution in [2.24, 2.45) is 0 Å². The summed E-state index contributed by atoms with van der Waals surface area (Å²) in [6, 6.07) is 5.66. The quantitative estimate of drug-likeness (QED) is 0.708. The van der Waals surface area contributed by atoms with Crippen molar-refractivity contribution >= 4 is 35.0 Å². The van der Waals surface area contributed by atoms with E-state index in [1.165, 1.54) is 0 Å². The molecule has 0 aliphatic rings. The van der Waals surface area contributed by atoms with Crippen LogP contribution in [0.15, 0.2) is 18.2 Å². The molecule has 0 nitrogen and oxygen atoms in total. The molecule has 0 unspecified atom stereocenters. The molecule has 1 aromatic carbocycles. The van der Waals surface area contributed by atoms with Crippen LogP contribution in [0.1, 0.15) is 26.3 Å². The van der Waals surface area contributed by atoms with Crippen molar-refractivity contribution in [2.45, 2.75) is 31.3 Å². The standard InChI is InChI=1S/C11H14Cl2S/c1-11(2,3)14-7-8-4-5-9(12)6-10(8)13/h4-6H,7H2,1-3H3. The van der Waals surface area contributed by atoms with Gasteiger partial charge in [0.2, 0.25) is 0 Å². The van der Waals surface area contributed by atoms with Gasteiger partial charge < -0.3 is 0 Å². The second kappa shape index (κ2) is 4.78. The molecule has 0 radical (unpaired) electrons. The third kappa shape index (κ3) is 4.12. The van der Waals surface area contributed by atoms with Crippen LogP contribution >= 0.6 is 35.0 Å². The summed E-state index contributed by atoms with van der Waals surface area (Å²) in [5.74, 6) is 0.930. The van der Waals surface area contributed by atoms with Gasteiger partial charge >= 0.3 is 0 Å². The average Bonchev–Trinajstić information content (AvgIpc) is 2.00. The SMILES string of the molecule is CC(C)(C)SCc1ccc(Cl)cc1Cl. The lowest BCUT2D eigenvalue weighted by Gasteiger charge is -2.17. The highest BCUT2D eigenvalue weighted by Crippen LogP contribution is 2.30. The van der Waals surface area contributed by atoms with Gasteiger partial charge in [-0.1, -0.05) is 50.0 Å². The predicted octanol–water partition coefficient (Wildman–Crippen LogP) is 5.03. The molecule has 0 heterocycles. The maximum atomic E-state index is 6.06. The fourth-order valence-electron chi connectivity index (χ4n) is 0.933. The van der Waals surface area contributed by atoms with Crippen molar-refractivity contribution in [3.8, 4) is 0 Å². The zero-order valence-electron chi connectivity index (χ0n) is 8.60. The summed E-state index contributed by atoms with van der Waals surface area (Å²) in [6.45, 7) is 6.59. The maximum Gasteiger partial charge on any atom is 0.0461 e. The molecule has 0 N–H and O–H groups in total. The van der Waals surface area contributed by atoms with E-state index >= 15 is 0 Å². The smallest absolute Gasteiger partial charge is 0.0461 e. The van der Waals surface area contributed by atoms with Crippen molar-refractivity contribution in [3.63, 3.8) is 0 Å². The molecule has 0 amide bonds. The van der Waals surface area contributed by atoms with Gasteiger partial charge in [0.25, 0.3) is 0 Å². The average molecular weight is 249 g/mol. The lowest BCUT2D eigenvalue weighted by Crippen LogP contribution is -2.07. The van der Waals surface area contributed by atoms with E-state index < -0.39 is 0 Å². The molecule has 0 aliphatic carbocycles. The van der Waals surface area contributed by atoms with E-state index in [1.54, 1.807) is 6.07 Å². The van der Waals surface area contributed by atoms with E-state index in [0.29, 0.717) is 5.02 Å². The summed E-state index contributed by atoms with van der Waals surface area (Å²) in [5, 5.41) is 1.45. The molecule has 0 spiro atoms. The highest BCUT2D eigenvalue weighted by molar-refractivity contribution is 7.99. The molecule has 0 aliphatic heterocycles. The summed E-state index contributed by atoms with van der Waals surface area (Å²) in [4.78, 5) is 0. The minimum absolute atomic E-state index is 0.267. The summed E-state index contributed by atoms with van der Waals surface area (Å²) < 4.78 is 0.267. The Morgan fingerprint density at radius 3 is 2.36 bits per heavy atom. The first-order chi connectivity index (χ1) is 6.38. The molecule has 1 rings (SSSR count). The lowest BCUT2D eigenvalue weighted by molar-refractivity contribution is 0.802. The largest absolute Gasteiger partial charge is 0.151 e. The second-order valence-corrected chi connectivity index (χ2v) is 6.78. The Balaban J connectivity index is 2.68. The Bertz CT molecular complexity index is 316. The van der Waals surface area contributed by atoms with E-state index in [4.69, 9.17) is 23.2 Å². The van der Waals surface area contributed by atoms with Crippen molar-refractivity contribution in [2.75, 3.05) is 0 Å². The van der Waals surface area contributed by atoms with Crippen molar-refractivity contribution in [1.82, 2.24) is 0 Å². The van der Waals surface area contributed by atoms with Gasteiger partial charge in [-0.05, 0) is 17.7 Å². The van der Waals surface area contributed by atoms with E-state index in [1.807, 2.05) is 23.9 Å². The molecular weight excluding hydrogens is 235 g/mol. The predicted molar refractivity (Wildman–Crippen MR) is 67.5 cm³/mol. The molecule has 1 aromatic rings. The molecular formula is C11H14Cl2S. The third-order valence-corrected chi connectivity index (χ3v) is 3.58. The van der Waals surface area contributed by atoms with Crippen LogP contribution in [0.3, 0.4) is 0 Å². The van der Waals surface area contributed by atoms with Crippen molar-refractivity contribution in [3.05, 3.63) is 33.8 Å². The summed E-state index contributed by atoms with van der Waals surface area (Å²) in [7, 11) is 0. The Morgan fingerprint density at radius 1 is 1.21 bits per heavy atom. The molecule has 0 saturated carbocycles. The van der Waals surface area contributed by atoms with Gasteiger partial charge in [0.1, 0.15) is 0 Å². The topological polar surface area (TPSA) is 0 Å². The van der Waals surface area contributed by atoms with Crippen LogP contribution < -0.4 is 0 Å². The van der Waals surface area contributed by atoms with Crippen LogP contribution in [0.25, 0.3) is 0 Å². The number of rotatable bonds is 2. The fraction of sp³-hybridized carbons (Fsp3) is 0.455. The van der Waals surface area contributed by atoms with Gasteiger partial charge in [0.15, 0.2) is 0 Å². The second-order valence-electron chi connectivity index (χ2n) is 4.14. The van der Waals surface area contributed by atoms with Gasteiger partial charge in [0, 0.05) is 20.5 Å². The lowest BCUT2D eigenvalue weighted by atomic mass is 10.2. The van der Waals surface area contributed by atoms with Crippen LogP contribution in [-0.2, 0) is 5.75 Å². The van der Waals surface area contributed by atoms with E-state index in [2.05, 4.69) is 20.8 Å². The first kappa shape index (κ1) is 12.2. The van der Waals surface area contributed by atoms with Gasteiger partial charge in [-0.25, -0.2) is 0 Å². The number of hydrogen-bond acceptors (Lipinski definition) is 1. The monoisotopic (exact) mass is 248 g/mol. The van der Waals surface area contributed by atoms with Crippen LogP contribution in [-0.4, -0.2) is 4.75 Å². The van der Waals surface area contributed by atoms with Gasteiger partial charge in [-0.15, -0.1) is 0 Å². The molecule has 3 heteroatoms. The van der Waals surface area contributed by atoms with Gasteiger partial charge in [-0.2, -0.15) is 11.8 Å². The minimum Gasteiger partial charge on any atom is -0.151 e. The van der Waals surface area contributed by atoms with E-state index in [9.17, 15) is 0 Å². The highest BCUT2D eigenvalue weighted by atomic mass is 35.5. The number of benzene rings is 1. The Labute approximate surface area is 100.0 Å². The summed E-state index contributed by atoms with van der Waals surface area (Å²) >= 11 is 13.8. The normalized spacial score (nSPS) is 11.8. The Kier molecular flexibility index (Phi) is 4.17. The fourth-order valence-corrected chi connectivity index (χ4v) is 2.33. The first-order valence-electron chi connectivity index (χ1n) is 4.46. The number of thioether (sulfide) groups is 1. The number of halogens is 2. The summed E-state index contributed by atoms with van der Waals surface area (Å²) in [6.07, 6.45) is 0. The molecule has 78 valence electrons. The molecule has 0 aromatic heterocycles. The van der Waals surface area contributed by atoms with E-state index in [-0.39, 0.29) is 4.75 Å². The van der Waals surface area contributed by atoms with Crippen LogP contribution in [0.4, 0.5) is 0 Å². The van der Waals surface area contributed by atoms with Crippen molar-refractivity contribution < 1.29 is 0 Å². The zero-order chi connectivity index (χ0) is 10.8. The first-order valence-corrected chi connectivity index (χ1v) is 6.20. The molecule has 0 bridgehead atoms. The van der Waals surface area contributed by atoms with Crippen LogP contribution in [0, 0.1) is 0 Å². The minimum atomic E-state index is 0.267. The summed E-state index contributed by atoms with van der Waals surface area (Å²) in [5.41, 5.74) is 1.15. The van der Waals surface area contributed by atoms with Crippen LogP contribution in [0.5, 0.6) is 0 Å².